The molecule has 0 saturated heterocycles. The van der Waals surface area contributed by atoms with Crippen LogP contribution in [0, 0.1) is 11.7 Å². The molecule has 26 heavy (non-hydrogen) atoms. The number of hydrogen-bond donors (Lipinski definition) is 1. The van der Waals surface area contributed by atoms with Gasteiger partial charge in [-0.3, -0.25) is 4.79 Å². The van der Waals surface area contributed by atoms with Crippen LogP contribution in [-0.4, -0.2) is 17.2 Å². The van der Waals surface area contributed by atoms with E-state index in [-0.39, 0.29) is 12.2 Å². The molecule has 0 radical (unpaired) electrons. The predicted molar refractivity (Wildman–Crippen MR) is 82.3 cm³/mol. The zero-order valence-electron chi connectivity index (χ0n) is 13.3. The second kappa shape index (κ2) is 6.86. The lowest BCUT2D eigenvalue weighted by atomic mass is 10.1. The molecule has 0 aromatic heterocycles. The Labute approximate surface area is 146 Å². The van der Waals surface area contributed by atoms with E-state index in [0.717, 1.165) is 6.07 Å². The molecular formula is C18H14F4O4. The first-order valence-electron chi connectivity index (χ1n) is 7.72. The summed E-state index contributed by atoms with van der Waals surface area (Å²) in [7, 11) is 0. The molecule has 0 bridgehead atoms. The van der Waals surface area contributed by atoms with Crippen molar-refractivity contribution in [3.63, 3.8) is 0 Å². The number of carboxylic acids is 1. The van der Waals surface area contributed by atoms with Crippen LogP contribution in [-0.2, 0) is 17.6 Å². The van der Waals surface area contributed by atoms with E-state index in [1.54, 1.807) is 18.2 Å². The summed E-state index contributed by atoms with van der Waals surface area (Å²) < 4.78 is 62.4. The molecular weight excluding hydrogens is 356 g/mol. The number of rotatable bonds is 6. The molecule has 0 aliphatic heterocycles. The number of aliphatic carboxylic acids is 1. The number of carbonyl (C=O) groups is 1. The van der Waals surface area contributed by atoms with Crippen LogP contribution in [0.25, 0.3) is 0 Å². The average molecular weight is 370 g/mol. The zero-order valence-corrected chi connectivity index (χ0v) is 13.3. The van der Waals surface area contributed by atoms with Crippen molar-refractivity contribution in [1.29, 1.82) is 0 Å². The first kappa shape index (κ1) is 18.0. The highest BCUT2D eigenvalue weighted by atomic mass is 19.4. The lowest BCUT2D eigenvalue weighted by Crippen LogP contribution is -2.09. The highest BCUT2D eigenvalue weighted by molar-refractivity contribution is 5.74. The fourth-order valence-electron chi connectivity index (χ4n) is 2.42. The van der Waals surface area contributed by atoms with Crippen molar-refractivity contribution in [3.05, 3.63) is 59.4 Å². The van der Waals surface area contributed by atoms with E-state index in [1.165, 1.54) is 12.1 Å². The first-order valence-corrected chi connectivity index (χ1v) is 7.72. The predicted octanol–water partition coefficient (Wildman–Crippen LogP) is 4.28. The maximum absolute atomic E-state index is 13.3. The Kier molecular flexibility index (Phi) is 4.76. The molecule has 1 N–H and O–H groups in total. The van der Waals surface area contributed by atoms with Crippen LogP contribution in [0.4, 0.5) is 17.6 Å². The lowest BCUT2D eigenvalue weighted by Gasteiger charge is -2.12. The molecule has 4 nitrogen and oxygen atoms in total. The summed E-state index contributed by atoms with van der Waals surface area (Å²) in [5.41, 5.74) is -1.18. The number of alkyl halides is 3. The molecule has 1 saturated carbocycles. The first-order chi connectivity index (χ1) is 12.2. The largest absolute Gasteiger partial charge is 0.489 e. The number of hydrogen-bond acceptors (Lipinski definition) is 3. The van der Waals surface area contributed by atoms with Crippen molar-refractivity contribution in [3.8, 4) is 11.5 Å². The summed E-state index contributed by atoms with van der Waals surface area (Å²) in [6.45, 7) is -0.187. The quantitative estimate of drug-likeness (QED) is 0.772. The molecule has 3 rings (SSSR count). The molecule has 1 aliphatic rings. The Hall–Kier alpha value is -2.77. The van der Waals surface area contributed by atoms with Crippen molar-refractivity contribution in [2.75, 3.05) is 0 Å². The van der Waals surface area contributed by atoms with Crippen molar-refractivity contribution in [1.82, 2.24) is 0 Å². The maximum atomic E-state index is 13.3. The topological polar surface area (TPSA) is 55.8 Å². The molecule has 1 unspecified atom stereocenters. The molecule has 2 aromatic rings. The Bertz CT molecular complexity index is 819. The minimum Gasteiger partial charge on any atom is -0.489 e. The summed E-state index contributed by atoms with van der Waals surface area (Å²) in [5, 5.41) is 8.85. The number of carboxylic acid groups (broad SMARTS) is 1. The highest BCUT2D eigenvalue weighted by Gasteiger charge is 2.45. The molecule has 2 aromatic carbocycles. The van der Waals surface area contributed by atoms with Gasteiger partial charge in [-0.2, -0.15) is 13.2 Å². The molecule has 2 atom stereocenters. The normalized spacial score (nSPS) is 19.1. The average Bonchev–Trinajstić information content (AvgIpc) is 3.33. The molecule has 1 fully saturated rings. The Morgan fingerprint density at radius 2 is 1.88 bits per heavy atom. The van der Waals surface area contributed by atoms with Gasteiger partial charge in [0, 0.05) is 12.5 Å². The van der Waals surface area contributed by atoms with Gasteiger partial charge < -0.3 is 14.6 Å². The van der Waals surface area contributed by atoms with E-state index in [4.69, 9.17) is 14.6 Å². The fraction of sp³-hybridized carbons (Fsp3) is 0.278. The molecule has 1 aliphatic carbocycles. The van der Waals surface area contributed by atoms with Crippen molar-refractivity contribution in [2.24, 2.45) is 5.92 Å². The van der Waals surface area contributed by atoms with E-state index < -0.39 is 35.5 Å². The van der Waals surface area contributed by atoms with E-state index in [1.807, 2.05) is 0 Å². The zero-order chi connectivity index (χ0) is 18.9. The van der Waals surface area contributed by atoms with E-state index in [0.29, 0.717) is 24.0 Å². The second-order valence-electron chi connectivity index (χ2n) is 5.91. The third-order valence-corrected chi connectivity index (χ3v) is 3.88. The van der Waals surface area contributed by atoms with Crippen LogP contribution >= 0.6 is 0 Å². The van der Waals surface area contributed by atoms with Gasteiger partial charge in [-0.1, -0.05) is 12.1 Å². The molecule has 0 heterocycles. The lowest BCUT2D eigenvalue weighted by molar-refractivity contribution is -0.140. The van der Waals surface area contributed by atoms with Gasteiger partial charge in [-0.05, 0) is 29.8 Å². The molecule has 0 spiro atoms. The number of ether oxygens (including phenoxy) is 2. The molecule has 8 heteroatoms. The minimum atomic E-state index is -4.78. The van der Waals surface area contributed by atoms with Gasteiger partial charge >= 0.3 is 12.1 Å². The standard InChI is InChI=1S/C18H14F4O4/c19-15-5-4-10(6-14(15)18(20,21)22)9-25-11-2-1-3-12(7-11)26-16-8-13(16)17(23)24/h1-7,13,16H,8-9H2,(H,23,24)/t13?,16-/m1/s1. The van der Waals surface area contributed by atoms with Crippen molar-refractivity contribution in [2.45, 2.75) is 25.3 Å². The van der Waals surface area contributed by atoms with Gasteiger partial charge in [0.25, 0.3) is 0 Å². The number of halogens is 4. The van der Waals surface area contributed by atoms with Crippen molar-refractivity contribution < 1.29 is 36.9 Å². The van der Waals surface area contributed by atoms with Gasteiger partial charge in [0.2, 0.25) is 0 Å². The number of benzene rings is 2. The Balaban J connectivity index is 1.63. The van der Waals surface area contributed by atoms with Gasteiger partial charge in [0.15, 0.2) is 0 Å². The smallest absolute Gasteiger partial charge is 0.419 e. The monoisotopic (exact) mass is 370 g/mol. The van der Waals surface area contributed by atoms with Crippen LogP contribution in [0.15, 0.2) is 42.5 Å². The third-order valence-electron chi connectivity index (χ3n) is 3.88. The summed E-state index contributed by atoms with van der Waals surface area (Å²) in [6, 6.07) is 9.02. The van der Waals surface area contributed by atoms with Crippen LogP contribution in [0.5, 0.6) is 11.5 Å². The summed E-state index contributed by atoms with van der Waals surface area (Å²) in [5.74, 6) is -2.04. The van der Waals surface area contributed by atoms with E-state index in [2.05, 4.69) is 0 Å². The van der Waals surface area contributed by atoms with E-state index in [9.17, 15) is 22.4 Å². The van der Waals surface area contributed by atoms with Crippen LogP contribution in [0.3, 0.4) is 0 Å². The Morgan fingerprint density at radius 3 is 2.54 bits per heavy atom. The molecule has 0 amide bonds. The van der Waals surface area contributed by atoms with E-state index >= 15 is 0 Å². The van der Waals surface area contributed by atoms with Crippen molar-refractivity contribution >= 4 is 5.97 Å². The van der Waals surface area contributed by atoms with Gasteiger partial charge in [0.05, 0.1) is 11.5 Å². The highest BCUT2D eigenvalue weighted by Crippen LogP contribution is 2.36. The second-order valence-corrected chi connectivity index (χ2v) is 5.91. The Morgan fingerprint density at radius 1 is 1.15 bits per heavy atom. The third kappa shape index (κ3) is 4.25. The SMILES string of the molecule is O=C(O)C1C[C@H]1Oc1cccc(OCc2ccc(F)c(C(F)(F)F)c2)c1. The van der Waals surface area contributed by atoms with Crippen LogP contribution in [0.2, 0.25) is 0 Å². The maximum Gasteiger partial charge on any atom is 0.419 e. The minimum absolute atomic E-state index is 0.165. The van der Waals surface area contributed by atoms with Gasteiger partial charge in [0.1, 0.15) is 30.0 Å². The summed E-state index contributed by atoms with van der Waals surface area (Å²) >= 11 is 0. The van der Waals surface area contributed by atoms with Crippen LogP contribution in [0.1, 0.15) is 17.5 Å². The van der Waals surface area contributed by atoms with Gasteiger partial charge in [-0.25, -0.2) is 4.39 Å². The molecule has 138 valence electrons. The summed E-state index contributed by atoms with van der Waals surface area (Å²) in [4.78, 5) is 10.8. The van der Waals surface area contributed by atoms with Crippen LogP contribution < -0.4 is 9.47 Å². The van der Waals surface area contributed by atoms with Gasteiger partial charge in [-0.15, -0.1) is 0 Å². The fourth-order valence-corrected chi connectivity index (χ4v) is 2.42. The summed E-state index contributed by atoms with van der Waals surface area (Å²) in [6.07, 6.45) is -4.75.